The molecule has 1 atom stereocenters. The number of benzene rings is 4. The first-order chi connectivity index (χ1) is 16.2. The zero-order chi connectivity index (χ0) is 22.6. The van der Waals surface area contributed by atoms with Gasteiger partial charge in [-0.05, 0) is 63.5 Å². The number of para-hydroxylation sites is 1. The van der Waals surface area contributed by atoms with E-state index in [1.165, 1.54) is 5.56 Å². The topological polar surface area (TPSA) is 44.7 Å². The van der Waals surface area contributed by atoms with Crippen molar-refractivity contribution in [3.63, 3.8) is 0 Å². The molecule has 0 unspecified atom stereocenters. The summed E-state index contributed by atoms with van der Waals surface area (Å²) in [5.41, 5.74) is 5.73. The highest BCUT2D eigenvalue weighted by atomic mass is 79.9. The number of hydrogen-bond donors (Lipinski definition) is 1. The first-order valence-corrected chi connectivity index (χ1v) is 11.6. The number of nitrogens with one attached hydrogen (secondary N) is 1. The number of hydrazone groups is 1. The Morgan fingerprint density at radius 1 is 0.818 bits per heavy atom. The van der Waals surface area contributed by atoms with Crippen LogP contribution in [-0.2, 0) is 0 Å². The summed E-state index contributed by atoms with van der Waals surface area (Å²) in [7, 11) is 0. The molecule has 0 aliphatic carbocycles. The van der Waals surface area contributed by atoms with Crippen LogP contribution in [0.25, 0.3) is 0 Å². The second-order valence-electron chi connectivity index (χ2n) is 7.87. The molecular formula is C28H22BrN3O. The van der Waals surface area contributed by atoms with Crippen LogP contribution in [0.4, 0.5) is 11.4 Å². The predicted octanol–water partition coefficient (Wildman–Crippen LogP) is 7.06. The molecule has 0 aromatic heterocycles. The van der Waals surface area contributed by atoms with Crippen molar-refractivity contribution in [2.24, 2.45) is 5.10 Å². The van der Waals surface area contributed by atoms with E-state index >= 15 is 0 Å². The highest BCUT2D eigenvalue weighted by molar-refractivity contribution is 9.10. The number of carbonyl (C=O) groups is 1. The first kappa shape index (κ1) is 21.2. The monoisotopic (exact) mass is 495 g/mol. The molecule has 162 valence electrons. The Morgan fingerprint density at radius 2 is 1.45 bits per heavy atom. The molecule has 5 rings (SSSR count). The number of nitrogens with zero attached hydrogens (tertiary/aromatic N) is 2. The summed E-state index contributed by atoms with van der Waals surface area (Å²) in [6.45, 7) is 0. The lowest BCUT2D eigenvalue weighted by molar-refractivity contribution is 0.102. The summed E-state index contributed by atoms with van der Waals surface area (Å²) in [5, 5.41) is 10.1. The van der Waals surface area contributed by atoms with Crippen LogP contribution in [0.5, 0.6) is 0 Å². The number of carbonyl (C=O) groups excluding carboxylic acids is 1. The van der Waals surface area contributed by atoms with Crippen molar-refractivity contribution in [2.45, 2.75) is 12.5 Å². The van der Waals surface area contributed by atoms with Crippen LogP contribution in [0.1, 0.15) is 33.9 Å². The van der Waals surface area contributed by atoms with Crippen LogP contribution in [-0.4, -0.2) is 11.6 Å². The number of halogens is 1. The quantitative estimate of drug-likeness (QED) is 0.322. The third-order valence-electron chi connectivity index (χ3n) is 5.71. The summed E-state index contributed by atoms with van der Waals surface area (Å²) in [4.78, 5) is 12.6. The molecule has 1 aliphatic heterocycles. The Morgan fingerprint density at radius 3 is 2.15 bits per heavy atom. The molecule has 4 nitrogen and oxygen atoms in total. The van der Waals surface area contributed by atoms with Gasteiger partial charge in [-0.25, -0.2) is 0 Å². The molecule has 0 radical (unpaired) electrons. The van der Waals surface area contributed by atoms with E-state index in [2.05, 4.69) is 62.7 Å². The normalized spacial score (nSPS) is 15.2. The van der Waals surface area contributed by atoms with Crippen LogP contribution >= 0.6 is 15.9 Å². The lowest BCUT2D eigenvalue weighted by atomic mass is 9.98. The number of hydrogen-bond acceptors (Lipinski definition) is 3. The van der Waals surface area contributed by atoms with Gasteiger partial charge in [0, 0.05) is 16.6 Å². The lowest BCUT2D eigenvalue weighted by Gasteiger charge is -2.23. The minimum Gasteiger partial charge on any atom is -0.322 e. The van der Waals surface area contributed by atoms with Crippen LogP contribution in [0, 0.1) is 0 Å². The SMILES string of the molecule is O=C(Nc1ccc(C2=NN(c3ccccc3)[C@@H](c3ccccc3)C2)cc1)c1ccccc1Br. The molecule has 0 spiro atoms. The first-order valence-electron chi connectivity index (χ1n) is 10.8. The molecule has 33 heavy (non-hydrogen) atoms. The third kappa shape index (κ3) is 4.59. The van der Waals surface area contributed by atoms with Gasteiger partial charge in [0.25, 0.3) is 5.91 Å². The van der Waals surface area contributed by atoms with Gasteiger partial charge in [0.1, 0.15) is 0 Å². The van der Waals surface area contributed by atoms with E-state index in [-0.39, 0.29) is 11.9 Å². The van der Waals surface area contributed by atoms with Crippen LogP contribution in [0.2, 0.25) is 0 Å². The van der Waals surface area contributed by atoms with E-state index in [0.29, 0.717) is 5.56 Å². The van der Waals surface area contributed by atoms with Gasteiger partial charge in [-0.3, -0.25) is 9.80 Å². The van der Waals surface area contributed by atoms with Gasteiger partial charge in [0.05, 0.1) is 23.0 Å². The van der Waals surface area contributed by atoms with Gasteiger partial charge < -0.3 is 5.32 Å². The summed E-state index contributed by atoms with van der Waals surface area (Å²) in [5.74, 6) is -0.146. The maximum atomic E-state index is 12.6. The molecule has 5 heteroatoms. The van der Waals surface area contributed by atoms with Gasteiger partial charge in [-0.2, -0.15) is 5.10 Å². The van der Waals surface area contributed by atoms with E-state index < -0.39 is 0 Å². The van der Waals surface area contributed by atoms with Crippen LogP contribution in [0.3, 0.4) is 0 Å². The fourth-order valence-corrected chi connectivity index (χ4v) is 4.49. The standard InChI is InChI=1S/C28H22BrN3O/c29-25-14-8-7-13-24(25)28(33)30-22-17-15-20(16-18-22)26-19-27(21-9-3-1-4-10-21)32(31-26)23-11-5-2-6-12-23/h1-18,27H,19H2,(H,30,33)/t27-/m1/s1. The van der Waals surface area contributed by atoms with Crippen LogP contribution in [0.15, 0.2) is 119 Å². The Kier molecular flexibility index (Phi) is 6.05. The smallest absolute Gasteiger partial charge is 0.256 e. The maximum Gasteiger partial charge on any atom is 0.256 e. The van der Waals surface area contributed by atoms with Gasteiger partial charge in [0.2, 0.25) is 0 Å². The van der Waals surface area contributed by atoms with Crippen molar-refractivity contribution in [1.82, 2.24) is 0 Å². The van der Waals surface area contributed by atoms with Crippen molar-refractivity contribution in [2.75, 3.05) is 10.3 Å². The Bertz CT molecular complexity index is 1290. The molecule has 1 heterocycles. The largest absolute Gasteiger partial charge is 0.322 e. The van der Waals surface area contributed by atoms with Crippen molar-refractivity contribution in [3.8, 4) is 0 Å². The highest BCUT2D eigenvalue weighted by Crippen LogP contribution is 2.36. The fourth-order valence-electron chi connectivity index (χ4n) is 4.03. The Hall–Kier alpha value is -3.70. The van der Waals surface area contributed by atoms with Crippen LogP contribution < -0.4 is 10.3 Å². The minimum absolute atomic E-state index is 0.137. The maximum absolute atomic E-state index is 12.6. The minimum atomic E-state index is -0.146. The average molecular weight is 496 g/mol. The molecule has 4 aromatic carbocycles. The summed E-state index contributed by atoms with van der Waals surface area (Å²) in [6.07, 6.45) is 0.807. The molecule has 0 bridgehead atoms. The molecule has 0 saturated carbocycles. The van der Waals surface area contributed by atoms with Gasteiger partial charge in [-0.15, -0.1) is 0 Å². The van der Waals surface area contributed by atoms with Crippen molar-refractivity contribution in [3.05, 3.63) is 130 Å². The third-order valence-corrected chi connectivity index (χ3v) is 6.40. The predicted molar refractivity (Wildman–Crippen MR) is 138 cm³/mol. The average Bonchev–Trinajstić information content (AvgIpc) is 3.31. The second-order valence-corrected chi connectivity index (χ2v) is 8.72. The summed E-state index contributed by atoms with van der Waals surface area (Å²) < 4.78 is 0.771. The molecule has 0 saturated heterocycles. The van der Waals surface area contributed by atoms with E-state index in [1.807, 2.05) is 66.7 Å². The summed E-state index contributed by atoms with van der Waals surface area (Å²) in [6, 6.07) is 36.2. The van der Waals surface area contributed by atoms with E-state index in [1.54, 1.807) is 6.07 Å². The van der Waals surface area contributed by atoms with Gasteiger partial charge in [-0.1, -0.05) is 72.8 Å². The van der Waals surface area contributed by atoms with Crippen molar-refractivity contribution < 1.29 is 4.79 Å². The zero-order valence-electron chi connectivity index (χ0n) is 17.9. The number of amides is 1. The highest BCUT2D eigenvalue weighted by Gasteiger charge is 2.29. The van der Waals surface area contributed by atoms with Gasteiger partial charge in [0.15, 0.2) is 0 Å². The fraction of sp³-hybridized carbons (Fsp3) is 0.0714. The van der Waals surface area contributed by atoms with E-state index in [9.17, 15) is 4.79 Å². The summed E-state index contributed by atoms with van der Waals surface area (Å²) >= 11 is 3.43. The molecule has 1 aliphatic rings. The van der Waals surface area contributed by atoms with E-state index in [0.717, 1.165) is 33.5 Å². The molecule has 0 fully saturated rings. The van der Waals surface area contributed by atoms with Gasteiger partial charge >= 0.3 is 0 Å². The molecular weight excluding hydrogens is 474 g/mol. The van der Waals surface area contributed by atoms with Crippen molar-refractivity contribution >= 4 is 38.9 Å². The Labute approximate surface area is 201 Å². The molecule has 1 N–H and O–H groups in total. The molecule has 1 amide bonds. The van der Waals surface area contributed by atoms with Crippen molar-refractivity contribution in [1.29, 1.82) is 0 Å². The number of anilines is 2. The molecule has 4 aromatic rings. The second kappa shape index (κ2) is 9.43. The lowest BCUT2D eigenvalue weighted by Crippen LogP contribution is -2.18. The van der Waals surface area contributed by atoms with E-state index in [4.69, 9.17) is 5.10 Å². The number of rotatable bonds is 5. The zero-order valence-corrected chi connectivity index (χ0v) is 19.4. The Balaban J connectivity index is 1.38.